The second kappa shape index (κ2) is 10.1. The molecule has 1 aromatic heterocycles. The fourth-order valence-electron chi connectivity index (χ4n) is 5.66. The first kappa shape index (κ1) is 26.0. The van der Waals surface area contributed by atoms with Gasteiger partial charge in [0.2, 0.25) is 5.95 Å². The number of nitrogens with one attached hydrogen (secondary N) is 1. The lowest BCUT2D eigenvalue weighted by Gasteiger charge is -2.40. The van der Waals surface area contributed by atoms with E-state index in [9.17, 15) is 18.0 Å². The largest absolute Gasteiger partial charge is 0.469 e. The maximum atomic E-state index is 12.8. The molecular weight excluding hydrogens is 467 g/mol. The van der Waals surface area contributed by atoms with Gasteiger partial charge in [-0.25, -0.2) is 4.98 Å². The number of nitrogens with zero attached hydrogens (tertiary/aromatic N) is 2. The molecule has 5 nitrogen and oxygen atoms in total. The first-order valence-corrected chi connectivity index (χ1v) is 12.4. The molecule has 2 atom stereocenters. The van der Waals surface area contributed by atoms with Crippen LogP contribution in [0.5, 0.6) is 0 Å². The summed E-state index contributed by atoms with van der Waals surface area (Å²) in [4.78, 5) is 16.5. The number of carbonyl (C=O) groups excluding carboxylic acids is 1. The van der Waals surface area contributed by atoms with Crippen molar-refractivity contribution in [1.29, 1.82) is 0 Å². The quantitative estimate of drug-likeness (QED) is 0.343. The van der Waals surface area contributed by atoms with Gasteiger partial charge in [-0.2, -0.15) is 13.2 Å². The summed E-state index contributed by atoms with van der Waals surface area (Å²) in [5.41, 5.74) is 3.92. The van der Waals surface area contributed by atoms with Crippen molar-refractivity contribution in [3.05, 3.63) is 53.6 Å². The highest BCUT2D eigenvalue weighted by molar-refractivity contribution is 5.81. The van der Waals surface area contributed by atoms with Crippen LogP contribution in [-0.2, 0) is 22.4 Å². The molecule has 194 valence electrons. The molecule has 4 rings (SSSR count). The van der Waals surface area contributed by atoms with Gasteiger partial charge in [0.15, 0.2) is 0 Å². The average Bonchev–Trinajstić information content (AvgIpc) is 3.13. The monoisotopic (exact) mass is 501 g/mol. The van der Waals surface area contributed by atoms with E-state index in [0.29, 0.717) is 30.4 Å². The molecular formula is C28H34F3N3O2. The predicted molar refractivity (Wildman–Crippen MR) is 135 cm³/mol. The molecule has 1 heterocycles. The second-order valence-electron chi connectivity index (χ2n) is 10.9. The Labute approximate surface area is 210 Å². The molecule has 1 N–H and O–H groups in total. The summed E-state index contributed by atoms with van der Waals surface area (Å²) in [6.45, 7) is 6.88. The highest BCUT2D eigenvalue weighted by Crippen LogP contribution is 2.46. The third-order valence-corrected chi connectivity index (χ3v) is 6.94. The molecule has 8 heteroatoms. The molecule has 0 radical (unpaired) electrons. The summed E-state index contributed by atoms with van der Waals surface area (Å²) in [7, 11) is 1.38. The van der Waals surface area contributed by atoms with Gasteiger partial charge >= 0.3 is 12.1 Å². The van der Waals surface area contributed by atoms with E-state index in [1.54, 1.807) is 12.1 Å². The minimum atomic E-state index is -4.24. The van der Waals surface area contributed by atoms with Gasteiger partial charge in [-0.15, -0.1) is 0 Å². The molecule has 0 spiro atoms. The Morgan fingerprint density at radius 2 is 1.83 bits per heavy atom. The van der Waals surface area contributed by atoms with Crippen LogP contribution in [0.15, 0.2) is 42.5 Å². The number of ether oxygens (including phenoxy) is 1. The van der Waals surface area contributed by atoms with Crippen LogP contribution in [0.2, 0.25) is 0 Å². The lowest BCUT2D eigenvalue weighted by atomic mass is 9.70. The number of halogens is 3. The summed E-state index contributed by atoms with van der Waals surface area (Å²) < 4.78 is 45.3. The lowest BCUT2D eigenvalue weighted by Crippen LogP contribution is -2.29. The average molecular weight is 502 g/mol. The molecule has 2 aromatic carbocycles. The molecule has 1 aliphatic carbocycles. The van der Waals surface area contributed by atoms with Crippen molar-refractivity contribution in [2.75, 3.05) is 12.4 Å². The molecule has 0 amide bonds. The molecule has 1 fully saturated rings. The number of anilines is 2. The molecule has 0 unspecified atom stereocenters. The maximum absolute atomic E-state index is 12.8. The number of benzene rings is 2. The number of fused-ring (bicyclic) bond motifs is 1. The minimum Gasteiger partial charge on any atom is -0.469 e. The Bertz CT molecular complexity index is 1220. The first-order chi connectivity index (χ1) is 16.9. The van der Waals surface area contributed by atoms with Crippen LogP contribution in [0.25, 0.3) is 11.0 Å². The van der Waals surface area contributed by atoms with Crippen molar-refractivity contribution in [3.8, 4) is 0 Å². The van der Waals surface area contributed by atoms with E-state index < -0.39 is 12.6 Å². The maximum Gasteiger partial charge on any atom is 0.393 e. The fraction of sp³-hybridized carbons (Fsp3) is 0.500. The molecule has 36 heavy (non-hydrogen) atoms. The van der Waals surface area contributed by atoms with Crippen LogP contribution in [0.1, 0.15) is 63.6 Å². The van der Waals surface area contributed by atoms with E-state index in [1.165, 1.54) is 19.2 Å². The number of aromatic nitrogens is 2. The van der Waals surface area contributed by atoms with Crippen molar-refractivity contribution in [3.63, 3.8) is 0 Å². The normalized spacial score (nSPS) is 19.9. The summed E-state index contributed by atoms with van der Waals surface area (Å²) in [6.07, 6.45) is -1.13. The predicted octanol–water partition coefficient (Wildman–Crippen LogP) is 7.38. The summed E-state index contributed by atoms with van der Waals surface area (Å²) in [6, 6.07) is 12.7. The van der Waals surface area contributed by atoms with Crippen molar-refractivity contribution in [2.24, 2.45) is 11.3 Å². The number of esters is 1. The van der Waals surface area contributed by atoms with Gasteiger partial charge in [0.25, 0.3) is 0 Å². The van der Waals surface area contributed by atoms with E-state index in [2.05, 4.69) is 36.7 Å². The number of hydrogen-bond acceptors (Lipinski definition) is 4. The van der Waals surface area contributed by atoms with Crippen LogP contribution in [0.4, 0.5) is 24.8 Å². The Morgan fingerprint density at radius 1 is 1.14 bits per heavy atom. The zero-order valence-electron chi connectivity index (χ0n) is 21.3. The number of rotatable bonds is 7. The minimum absolute atomic E-state index is 0.190. The third kappa shape index (κ3) is 6.39. The first-order valence-electron chi connectivity index (χ1n) is 12.4. The molecule has 0 aliphatic heterocycles. The van der Waals surface area contributed by atoms with E-state index in [4.69, 9.17) is 9.72 Å². The van der Waals surface area contributed by atoms with Crippen molar-refractivity contribution >= 4 is 28.6 Å². The van der Waals surface area contributed by atoms with Gasteiger partial charge in [0.1, 0.15) is 0 Å². The summed E-state index contributed by atoms with van der Waals surface area (Å²) in [5, 5.41) is 3.37. The Morgan fingerprint density at radius 3 is 2.47 bits per heavy atom. The Balaban J connectivity index is 1.68. The van der Waals surface area contributed by atoms with Crippen molar-refractivity contribution in [1.82, 2.24) is 9.55 Å². The highest BCUT2D eigenvalue weighted by atomic mass is 19.4. The van der Waals surface area contributed by atoms with Crippen LogP contribution in [0.3, 0.4) is 0 Å². The van der Waals surface area contributed by atoms with E-state index >= 15 is 0 Å². The molecule has 0 saturated heterocycles. The Hall–Kier alpha value is -3.03. The summed E-state index contributed by atoms with van der Waals surface area (Å²) in [5.74, 6) is 0.981. The number of imidazole rings is 1. The third-order valence-electron chi connectivity index (χ3n) is 6.94. The van der Waals surface area contributed by atoms with E-state index in [1.807, 2.05) is 12.1 Å². The van der Waals surface area contributed by atoms with E-state index in [-0.39, 0.29) is 23.0 Å². The van der Waals surface area contributed by atoms with Gasteiger partial charge in [-0.3, -0.25) is 4.79 Å². The number of aryl methyl sites for hydroxylation is 1. The van der Waals surface area contributed by atoms with Crippen LogP contribution in [0, 0.1) is 11.3 Å². The van der Waals surface area contributed by atoms with Gasteiger partial charge in [0.05, 0.1) is 24.6 Å². The van der Waals surface area contributed by atoms with Crippen LogP contribution < -0.4 is 5.32 Å². The molecule has 0 bridgehead atoms. The number of alkyl halides is 3. The lowest BCUT2D eigenvalue weighted by molar-refractivity contribution is -0.140. The Kier molecular flexibility index (Phi) is 7.34. The standard InChI is InChI=1S/C28H34F3N3O2/c1-18-13-22(17-27(2,3)15-18)34-24-11-7-19(8-12-25(35)36-4)14-23(24)33-26(34)32-21-9-5-20(6-10-21)16-28(29,30)31/h5-7,9-11,14,18,22H,8,12-13,15-17H2,1-4H3,(H,32,33)/t18-,22+/m0/s1. The van der Waals surface area contributed by atoms with Gasteiger partial charge in [-0.05, 0) is 72.4 Å². The number of carbonyl (C=O) groups is 1. The van der Waals surface area contributed by atoms with Gasteiger partial charge < -0.3 is 14.6 Å². The molecule has 3 aromatic rings. The van der Waals surface area contributed by atoms with Crippen LogP contribution in [-0.4, -0.2) is 28.8 Å². The van der Waals surface area contributed by atoms with Crippen molar-refractivity contribution in [2.45, 2.75) is 71.5 Å². The van der Waals surface area contributed by atoms with Gasteiger partial charge in [0, 0.05) is 18.2 Å². The zero-order chi connectivity index (χ0) is 26.1. The number of methoxy groups -OCH3 is 1. The highest BCUT2D eigenvalue weighted by Gasteiger charge is 2.34. The fourth-order valence-corrected chi connectivity index (χ4v) is 5.66. The zero-order valence-corrected chi connectivity index (χ0v) is 21.3. The summed E-state index contributed by atoms with van der Waals surface area (Å²) >= 11 is 0. The van der Waals surface area contributed by atoms with Crippen LogP contribution >= 0.6 is 0 Å². The van der Waals surface area contributed by atoms with Gasteiger partial charge in [-0.1, -0.05) is 39.0 Å². The second-order valence-corrected chi connectivity index (χ2v) is 10.9. The topological polar surface area (TPSA) is 56.1 Å². The SMILES string of the molecule is COC(=O)CCc1ccc2c(c1)nc(Nc1ccc(CC(F)(F)F)cc1)n2[C@@H]1C[C@H](C)CC(C)(C)C1. The molecule has 1 aliphatic rings. The van der Waals surface area contributed by atoms with Crippen molar-refractivity contribution < 1.29 is 22.7 Å². The smallest absolute Gasteiger partial charge is 0.393 e. The molecule has 1 saturated carbocycles. The number of hydrogen-bond donors (Lipinski definition) is 1. The van der Waals surface area contributed by atoms with E-state index in [0.717, 1.165) is 35.9 Å².